The molecule has 1 fully saturated rings. The minimum absolute atomic E-state index is 0.0133. The molecule has 3 N–H and O–H groups in total. The minimum atomic E-state index is -0.459. The van der Waals surface area contributed by atoms with Gasteiger partial charge in [-0.3, -0.25) is 14.4 Å². The summed E-state index contributed by atoms with van der Waals surface area (Å²) in [4.78, 5) is 54.0. The highest BCUT2D eigenvalue weighted by atomic mass is 32.2. The summed E-state index contributed by atoms with van der Waals surface area (Å²) < 4.78 is 4.62. The monoisotopic (exact) mass is 416 g/mol. The first-order valence-electron chi connectivity index (χ1n) is 8.93. The summed E-state index contributed by atoms with van der Waals surface area (Å²) in [6, 6.07) is 7.79. The second-order valence-corrected chi connectivity index (χ2v) is 7.43. The van der Waals surface area contributed by atoms with Crippen LogP contribution in [0.5, 0.6) is 0 Å². The van der Waals surface area contributed by atoms with E-state index in [0.717, 1.165) is 24.6 Å². The van der Waals surface area contributed by atoms with Crippen LogP contribution in [-0.2, 0) is 20.7 Å². The van der Waals surface area contributed by atoms with E-state index in [9.17, 15) is 19.2 Å². The van der Waals surface area contributed by atoms with Crippen LogP contribution in [0, 0.1) is 0 Å². The number of amides is 2. The van der Waals surface area contributed by atoms with Crippen molar-refractivity contribution in [1.82, 2.24) is 15.3 Å². The van der Waals surface area contributed by atoms with Crippen molar-refractivity contribution in [1.29, 1.82) is 0 Å². The van der Waals surface area contributed by atoms with Crippen molar-refractivity contribution in [3.63, 3.8) is 0 Å². The maximum Gasteiger partial charge on any atom is 0.337 e. The fourth-order valence-electron chi connectivity index (χ4n) is 2.45. The van der Waals surface area contributed by atoms with Gasteiger partial charge in [0.25, 0.3) is 5.56 Å². The van der Waals surface area contributed by atoms with Crippen molar-refractivity contribution in [3.8, 4) is 0 Å². The van der Waals surface area contributed by atoms with E-state index < -0.39 is 5.97 Å². The van der Waals surface area contributed by atoms with E-state index in [-0.39, 0.29) is 40.7 Å². The number of anilines is 1. The quantitative estimate of drug-likeness (QED) is 0.334. The number of hydrogen-bond donors (Lipinski definition) is 3. The molecule has 29 heavy (non-hydrogen) atoms. The molecular weight excluding hydrogens is 396 g/mol. The standard InChI is InChI=1S/C19H20N4O5S/c1-28-18(27)11-2-4-12(5-3-11)21-17(26)10-29-19-22-14(9-16(25)23-19)8-15(24)20-13-6-7-13/h2-5,9,13H,6-8,10H2,1H3,(H,20,24)(H,21,26)(H,22,23,25). The third-order valence-corrected chi connectivity index (χ3v) is 4.86. The average Bonchev–Trinajstić information content (AvgIpc) is 3.49. The highest BCUT2D eigenvalue weighted by molar-refractivity contribution is 7.99. The van der Waals surface area contributed by atoms with E-state index in [1.54, 1.807) is 24.3 Å². The Bertz CT molecular complexity index is 969. The van der Waals surface area contributed by atoms with Crippen LogP contribution >= 0.6 is 11.8 Å². The highest BCUT2D eigenvalue weighted by Crippen LogP contribution is 2.19. The van der Waals surface area contributed by atoms with Crippen LogP contribution in [0.1, 0.15) is 28.9 Å². The highest BCUT2D eigenvalue weighted by Gasteiger charge is 2.23. The van der Waals surface area contributed by atoms with Crippen molar-refractivity contribution in [2.24, 2.45) is 0 Å². The lowest BCUT2D eigenvalue weighted by atomic mass is 10.2. The molecule has 0 atom stereocenters. The predicted molar refractivity (Wildman–Crippen MR) is 107 cm³/mol. The minimum Gasteiger partial charge on any atom is -0.465 e. The molecule has 10 heteroatoms. The average molecular weight is 416 g/mol. The number of carbonyl (C=O) groups is 3. The van der Waals surface area contributed by atoms with Crippen molar-refractivity contribution in [2.75, 3.05) is 18.2 Å². The van der Waals surface area contributed by atoms with Gasteiger partial charge in [0.15, 0.2) is 5.16 Å². The molecule has 0 spiro atoms. The molecule has 2 amide bonds. The van der Waals surface area contributed by atoms with E-state index in [0.29, 0.717) is 16.9 Å². The molecule has 1 aliphatic rings. The number of hydrogen-bond acceptors (Lipinski definition) is 7. The summed E-state index contributed by atoms with van der Waals surface area (Å²) >= 11 is 1.06. The zero-order valence-electron chi connectivity index (χ0n) is 15.7. The molecule has 1 aromatic heterocycles. The first kappa shape index (κ1) is 20.6. The fourth-order valence-corrected chi connectivity index (χ4v) is 3.15. The molecular formula is C19H20N4O5S. The van der Waals surface area contributed by atoms with Gasteiger partial charge in [-0.2, -0.15) is 0 Å². The van der Waals surface area contributed by atoms with Crippen LogP contribution in [0.2, 0.25) is 0 Å². The fraction of sp³-hybridized carbons (Fsp3) is 0.316. The number of thioether (sulfide) groups is 1. The maximum atomic E-state index is 12.1. The number of nitrogens with one attached hydrogen (secondary N) is 3. The Balaban J connectivity index is 1.53. The number of aromatic amines is 1. The second kappa shape index (κ2) is 9.37. The summed E-state index contributed by atoms with van der Waals surface area (Å²) in [5.74, 6) is -0.923. The number of nitrogens with zero attached hydrogens (tertiary/aromatic N) is 1. The van der Waals surface area contributed by atoms with Gasteiger partial charge in [-0.15, -0.1) is 0 Å². The number of esters is 1. The van der Waals surface area contributed by atoms with Crippen LogP contribution in [-0.4, -0.2) is 46.7 Å². The molecule has 0 unspecified atom stereocenters. The normalized spacial score (nSPS) is 12.9. The Morgan fingerprint density at radius 2 is 1.93 bits per heavy atom. The van der Waals surface area contributed by atoms with Crippen LogP contribution in [0.25, 0.3) is 0 Å². The van der Waals surface area contributed by atoms with E-state index in [1.807, 2.05) is 0 Å². The maximum absolute atomic E-state index is 12.1. The molecule has 1 heterocycles. The zero-order chi connectivity index (χ0) is 20.8. The van der Waals surface area contributed by atoms with Crippen molar-refractivity contribution < 1.29 is 19.1 Å². The summed E-state index contributed by atoms with van der Waals surface area (Å²) in [5, 5.41) is 5.80. The first-order chi connectivity index (χ1) is 13.9. The summed E-state index contributed by atoms with van der Waals surface area (Å²) in [5.41, 5.74) is 0.878. The van der Waals surface area contributed by atoms with Gasteiger partial charge in [0.1, 0.15) is 0 Å². The number of benzene rings is 1. The molecule has 2 aromatic rings. The number of methoxy groups -OCH3 is 1. The smallest absolute Gasteiger partial charge is 0.337 e. The molecule has 152 valence electrons. The van der Waals surface area contributed by atoms with Crippen LogP contribution in [0.3, 0.4) is 0 Å². The van der Waals surface area contributed by atoms with Gasteiger partial charge in [0.05, 0.1) is 30.5 Å². The van der Waals surface area contributed by atoms with Crippen LogP contribution < -0.4 is 16.2 Å². The van der Waals surface area contributed by atoms with Crippen LogP contribution in [0.4, 0.5) is 5.69 Å². The largest absolute Gasteiger partial charge is 0.465 e. The molecule has 0 saturated heterocycles. The second-order valence-electron chi connectivity index (χ2n) is 6.47. The predicted octanol–water partition coefficient (Wildman–Crippen LogP) is 1.11. The molecule has 1 saturated carbocycles. The third-order valence-electron chi connectivity index (χ3n) is 3.99. The van der Waals surface area contributed by atoms with Gasteiger partial charge in [0, 0.05) is 17.8 Å². The first-order valence-corrected chi connectivity index (χ1v) is 9.92. The van der Waals surface area contributed by atoms with Crippen LogP contribution in [0.15, 0.2) is 40.3 Å². The molecule has 9 nitrogen and oxygen atoms in total. The topological polar surface area (TPSA) is 130 Å². The Kier molecular flexibility index (Phi) is 6.65. The van der Waals surface area contributed by atoms with E-state index in [1.165, 1.54) is 13.2 Å². The lowest BCUT2D eigenvalue weighted by molar-refractivity contribution is -0.120. The zero-order valence-corrected chi connectivity index (χ0v) is 16.5. The van der Waals surface area contributed by atoms with Gasteiger partial charge < -0.3 is 20.4 Å². The van der Waals surface area contributed by atoms with Gasteiger partial charge in [-0.05, 0) is 37.1 Å². The Morgan fingerprint density at radius 3 is 2.59 bits per heavy atom. The lowest BCUT2D eigenvalue weighted by Gasteiger charge is -2.07. The number of carbonyl (C=O) groups excluding carboxylic acids is 3. The molecule has 0 aliphatic heterocycles. The molecule has 0 bridgehead atoms. The van der Waals surface area contributed by atoms with E-state index >= 15 is 0 Å². The molecule has 1 aliphatic carbocycles. The Morgan fingerprint density at radius 1 is 1.21 bits per heavy atom. The van der Waals surface area contributed by atoms with Crippen molar-refractivity contribution >= 4 is 35.2 Å². The Hall–Kier alpha value is -3.14. The molecule has 1 aromatic carbocycles. The molecule has 0 radical (unpaired) electrons. The molecule has 3 rings (SSSR count). The van der Waals surface area contributed by atoms with Gasteiger partial charge in [-0.25, -0.2) is 9.78 Å². The summed E-state index contributed by atoms with van der Waals surface area (Å²) in [6.45, 7) is 0. The number of rotatable bonds is 8. The third kappa shape index (κ3) is 6.46. The Labute approximate surface area is 170 Å². The van der Waals surface area contributed by atoms with Gasteiger partial charge in [-0.1, -0.05) is 11.8 Å². The summed E-state index contributed by atoms with van der Waals surface area (Å²) in [6.07, 6.45) is 1.99. The van der Waals surface area contributed by atoms with E-state index in [4.69, 9.17) is 0 Å². The summed E-state index contributed by atoms with van der Waals surface area (Å²) in [7, 11) is 1.29. The number of ether oxygens (including phenoxy) is 1. The van der Waals surface area contributed by atoms with E-state index in [2.05, 4.69) is 25.3 Å². The van der Waals surface area contributed by atoms with Gasteiger partial charge in [0.2, 0.25) is 11.8 Å². The number of H-pyrrole nitrogens is 1. The van der Waals surface area contributed by atoms with Crippen molar-refractivity contribution in [3.05, 3.63) is 51.9 Å². The van der Waals surface area contributed by atoms with Gasteiger partial charge >= 0.3 is 5.97 Å². The number of aromatic nitrogens is 2. The lowest BCUT2D eigenvalue weighted by Crippen LogP contribution is -2.28. The SMILES string of the molecule is COC(=O)c1ccc(NC(=O)CSc2nc(CC(=O)NC3CC3)cc(=O)[nH]2)cc1. The van der Waals surface area contributed by atoms with Crippen molar-refractivity contribution in [2.45, 2.75) is 30.5 Å².